The Balaban J connectivity index is 2.24. The van der Waals surface area contributed by atoms with E-state index in [0.717, 1.165) is 31.6 Å². The van der Waals surface area contributed by atoms with Gasteiger partial charge in [-0.1, -0.05) is 19.1 Å². The molecule has 0 nitrogen and oxygen atoms in total. The zero-order valence-electron chi connectivity index (χ0n) is 9.82. The third-order valence-corrected chi connectivity index (χ3v) is 3.53. The summed E-state index contributed by atoms with van der Waals surface area (Å²) in [6, 6.07) is 3.39. The summed E-state index contributed by atoms with van der Waals surface area (Å²) in [5, 5.41) is 0. The van der Waals surface area contributed by atoms with Crippen LogP contribution in [0.4, 0.5) is 8.78 Å². The van der Waals surface area contributed by atoms with E-state index in [1.165, 1.54) is 0 Å². The highest BCUT2D eigenvalue weighted by atomic mass is 19.2. The van der Waals surface area contributed by atoms with E-state index in [-0.39, 0.29) is 0 Å². The fraction of sp³-hybridized carbons (Fsp3) is 0.500. The minimum atomic E-state index is -0.691. The van der Waals surface area contributed by atoms with Crippen molar-refractivity contribution in [2.24, 2.45) is 5.92 Å². The predicted molar refractivity (Wildman–Crippen MR) is 61.1 cm³/mol. The number of aryl methyl sites for hydroxylation is 1. The molecule has 16 heavy (non-hydrogen) atoms. The minimum Gasteiger partial charge on any atom is -0.203 e. The van der Waals surface area contributed by atoms with Crippen LogP contribution in [0.5, 0.6) is 0 Å². The number of benzene rings is 1. The summed E-state index contributed by atoms with van der Waals surface area (Å²) in [7, 11) is 0. The molecule has 1 aromatic carbocycles. The third kappa shape index (κ3) is 2.11. The summed E-state index contributed by atoms with van der Waals surface area (Å²) >= 11 is 0. The topological polar surface area (TPSA) is 0 Å². The smallest absolute Gasteiger partial charge is 0.162 e. The standard InChI is InChI=1S/C14H17F2/c1-9-3-6-11(7-4-9)12-8-5-10(2)13(15)14(12)16/h5,8-9H,3-4,6-7H2,1-2H3. The zero-order valence-corrected chi connectivity index (χ0v) is 9.82. The highest BCUT2D eigenvalue weighted by Crippen LogP contribution is 2.36. The zero-order chi connectivity index (χ0) is 11.7. The van der Waals surface area contributed by atoms with Gasteiger partial charge in [-0.3, -0.25) is 0 Å². The largest absolute Gasteiger partial charge is 0.203 e. The summed E-state index contributed by atoms with van der Waals surface area (Å²) in [6.07, 6.45) is 3.98. The van der Waals surface area contributed by atoms with E-state index in [0.29, 0.717) is 17.0 Å². The highest BCUT2D eigenvalue weighted by molar-refractivity contribution is 5.36. The van der Waals surface area contributed by atoms with E-state index >= 15 is 0 Å². The lowest BCUT2D eigenvalue weighted by atomic mass is 9.79. The molecule has 0 amide bonds. The molecule has 1 aromatic rings. The summed E-state index contributed by atoms with van der Waals surface area (Å²) in [5.74, 6) is 0.435. The van der Waals surface area contributed by atoms with Crippen molar-refractivity contribution in [3.05, 3.63) is 40.8 Å². The molecule has 0 aromatic heterocycles. The number of rotatable bonds is 1. The number of halogens is 2. The van der Waals surface area contributed by atoms with E-state index < -0.39 is 11.6 Å². The molecule has 0 saturated heterocycles. The maximum atomic E-state index is 13.7. The highest BCUT2D eigenvalue weighted by Gasteiger charge is 2.24. The van der Waals surface area contributed by atoms with Crippen molar-refractivity contribution in [2.75, 3.05) is 0 Å². The first-order chi connectivity index (χ1) is 7.59. The van der Waals surface area contributed by atoms with Crippen molar-refractivity contribution in [3.63, 3.8) is 0 Å². The maximum Gasteiger partial charge on any atom is 0.162 e. The Morgan fingerprint density at radius 1 is 1.06 bits per heavy atom. The van der Waals surface area contributed by atoms with E-state index in [4.69, 9.17) is 0 Å². The van der Waals surface area contributed by atoms with Crippen molar-refractivity contribution < 1.29 is 8.78 Å². The SMILES string of the molecule is Cc1ccc([C]2CCC(C)CC2)c(F)c1F. The van der Waals surface area contributed by atoms with Crippen LogP contribution in [0.15, 0.2) is 12.1 Å². The Morgan fingerprint density at radius 2 is 1.69 bits per heavy atom. The molecule has 0 atom stereocenters. The molecule has 0 unspecified atom stereocenters. The molecule has 0 bridgehead atoms. The van der Waals surface area contributed by atoms with Crippen LogP contribution in [0.2, 0.25) is 0 Å². The molecule has 1 aliphatic carbocycles. The van der Waals surface area contributed by atoms with E-state index in [1.54, 1.807) is 19.1 Å². The summed E-state index contributed by atoms with van der Waals surface area (Å²) < 4.78 is 27.2. The molecule has 2 heteroatoms. The van der Waals surface area contributed by atoms with Gasteiger partial charge in [0.05, 0.1) is 0 Å². The summed E-state index contributed by atoms with van der Waals surface area (Å²) in [5.41, 5.74) is 0.876. The minimum absolute atomic E-state index is 0.381. The lowest BCUT2D eigenvalue weighted by Crippen LogP contribution is -2.13. The molecule has 87 valence electrons. The second kappa shape index (κ2) is 4.52. The predicted octanol–water partition coefficient (Wildman–Crippen LogP) is 4.41. The first-order valence-electron chi connectivity index (χ1n) is 5.89. The van der Waals surface area contributed by atoms with Crippen molar-refractivity contribution in [3.8, 4) is 0 Å². The lowest BCUT2D eigenvalue weighted by Gasteiger charge is -2.26. The Kier molecular flexibility index (Phi) is 3.27. The van der Waals surface area contributed by atoms with Gasteiger partial charge >= 0.3 is 0 Å². The molecule has 2 rings (SSSR count). The second-order valence-corrected chi connectivity index (χ2v) is 4.84. The lowest BCUT2D eigenvalue weighted by molar-refractivity contribution is 0.408. The molecular weight excluding hydrogens is 206 g/mol. The average molecular weight is 223 g/mol. The molecule has 0 heterocycles. The third-order valence-electron chi connectivity index (χ3n) is 3.53. The van der Waals surface area contributed by atoms with E-state index in [2.05, 4.69) is 6.92 Å². The van der Waals surface area contributed by atoms with Gasteiger partial charge in [-0.05, 0) is 49.7 Å². The molecule has 1 fully saturated rings. The summed E-state index contributed by atoms with van der Waals surface area (Å²) in [6.45, 7) is 3.80. The van der Waals surface area contributed by atoms with Crippen LogP contribution in [0.25, 0.3) is 0 Å². The monoisotopic (exact) mass is 223 g/mol. The van der Waals surface area contributed by atoms with Gasteiger partial charge in [-0.15, -0.1) is 0 Å². The Labute approximate surface area is 95.7 Å². The summed E-state index contributed by atoms with van der Waals surface area (Å²) in [4.78, 5) is 0. The Bertz CT molecular complexity index is 377. The van der Waals surface area contributed by atoms with Crippen LogP contribution < -0.4 is 0 Å². The van der Waals surface area contributed by atoms with Crippen molar-refractivity contribution in [1.29, 1.82) is 0 Å². The van der Waals surface area contributed by atoms with Gasteiger partial charge in [0.15, 0.2) is 11.6 Å². The molecule has 1 saturated carbocycles. The fourth-order valence-electron chi connectivity index (χ4n) is 2.30. The second-order valence-electron chi connectivity index (χ2n) is 4.84. The quantitative estimate of drug-likeness (QED) is 0.661. The van der Waals surface area contributed by atoms with Crippen LogP contribution >= 0.6 is 0 Å². The van der Waals surface area contributed by atoms with Gasteiger partial charge in [0.2, 0.25) is 0 Å². The van der Waals surface area contributed by atoms with Gasteiger partial charge < -0.3 is 0 Å². The molecule has 1 aliphatic rings. The van der Waals surface area contributed by atoms with Crippen LogP contribution in [-0.2, 0) is 0 Å². The van der Waals surface area contributed by atoms with Gasteiger partial charge in [0.25, 0.3) is 0 Å². The molecule has 0 N–H and O–H groups in total. The van der Waals surface area contributed by atoms with E-state index in [9.17, 15) is 8.78 Å². The van der Waals surface area contributed by atoms with Crippen LogP contribution in [-0.4, -0.2) is 0 Å². The number of hydrogen-bond acceptors (Lipinski definition) is 0. The van der Waals surface area contributed by atoms with Gasteiger partial charge in [-0.2, -0.15) is 0 Å². The van der Waals surface area contributed by atoms with Crippen LogP contribution in [0, 0.1) is 30.4 Å². The average Bonchev–Trinajstić information content (AvgIpc) is 2.28. The van der Waals surface area contributed by atoms with E-state index in [1.807, 2.05) is 0 Å². The first-order valence-corrected chi connectivity index (χ1v) is 5.89. The Hall–Kier alpha value is -0.920. The fourth-order valence-corrected chi connectivity index (χ4v) is 2.30. The van der Waals surface area contributed by atoms with Crippen molar-refractivity contribution in [1.82, 2.24) is 0 Å². The van der Waals surface area contributed by atoms with Gasteiger partial charge in [-0.25, -0.2) is 8.78 Å². The van der Waals surface area contributed by atoms with Crippen molar-refractivity contribution in [2.45, 2.75) is 39.5 Å². The first kappa shape index (κ1) is 11.6. The van der Waals surface area contributed by atoms with Crippen LogP contribution in [0.1, 0.15) is 43.7 Å². The normalized spacial score (nSPS) is 19.0. The maximum absolute atomic E-state index is 13.7. The number of hydrogen-bond donors (Lipinski definition) is 0. The van der Waals surface area contributed by atoms with Crippen molar-refractivity contribution >= 4 is 0 Å². The molecule has 0 aliphatic heterocycles. The molecular formula is C14H17F2. The van der Waals surface area contributed by atoms with Gasteiger partial charge in [0.1, 0.15) is 0 Å². The Morgan fingerprint density at radius 3 is 2.31 bits per heavy atom. The van der Waals surface area contributed by atoms with Gasteiger partial charge in [0, 0.05) is 5.92 Å². The molecule has 1 radical (unpaired) electrons. The molecule has 0 spiro atoms. The van der Waals surface area contributed by atoms with Crippen LogP contribution in [0.3, 0.4) is 0 Å².